The zero-order valence-corrected chi connectivity index (χ0v) is 11.3. The van der Waals surface area contributed by atoms with Gasteiger partial charge in [0.2, 0.25) is 10.0 Å². The van der Waals surface area contributed by atoms with Gasteiger partial charge in [0.25, 0.3) is 0 Å². The van der Waals surface area contributed by atoms with Crippen LogP contribution in [0.5, 0.6) is 0 Å². The van der Waals surface area contributed by atoms with E-state index in [0.29, 0.717) is 13.0 Å². The number of aryl methyl sites for hydroxylation is 2. The van der Waals surface area contributed by atoms with Gasteiger partial charge in [0.05, 0.1) is 6.26 Å². The minimum absolute atomic E-state index is 0.445. The van der Waals surface area contributed by atoms with E-state index in [0.717, 1.165) is 5.56 Å². The lowest BCUT2D eigenvalue weighted by atomic mass is 10.1. The molecule has 1 aromatic carbocycles. The third kappa shape index (κ3) is 5.65. The molecule has 0 radical (unpaired) electrons. The molecule has 0 aliphatic rings. The van der Waals surface area contributed by atoms with Crippen LogP contribution in [0.15, 0.2) is 24.3 Å². The van der Waals surface area contributed by atoms with Crippen LogP contribution in [0.3, 0.4) is 0 Å². The van der Waals surface area contributed by atoms with Crippen molar-refractivity contribution in [2.45, 2.75) is 20.3 Å². The lowest BCUT2D eigenvalue weighted by Gasteiger charge is -2.01. The van der Waals surface area contributed by atoms with Gasteiger partial charge in [-0.15, -0.1) is 0 Å². The van der Waals surface area contributed by atoms with Gasteiger partial charge < -0.3 is 0 Å². The lowest BCUT2D eigenvalue weighted by Crippen LogP contribution is -2.22. The van der Waals surface area contributed by atoms with Crippen LogP contribution in [0, 0.1) is 13.8 Å². The van der Waals surface area contributed by atoms with Crippen LogP contribution in [0.4, 0.5) is 0 Å². The molecule has 0 saturated heterocycles. The highest BCUT2D eigenvalue weighted by Gasteiger charge is 1.97. The van der Waals surface area contributed by atoms with Crippen molar-refractivity contribution in [1.29, 1.82) is 0 Å². The van der Waals surface area contributed by atoms with E-state index < -0.39 is 10.0 Å². The summed E-state index contributed by atoms with van der Waals surface area (Å²) in [6.45, 7) is 4.61. The second kappa shape index (κ2) is 5.98. The van der Waals surface area contributed by atoms with Gasteiger partial charge in [-0.25, -0.2) is 13.1 Å². The predicted molar refractivity (Wildman–Crippen MR) is 72.4 cm³/mol. The topological polar surface area (TPSA) is 46.2 Å². The number of nitrogens with one attached hydrogen (secondary N) is 1. The number of hydrogen-bond acceptors (Lipinski definition) is 2. The van der Waals surface area contributed by atoms with Gasteiger partial charge in [-0.05, 0) is 37.0 Å². The van der Waals surface area contributed by atoms with Gasteiger partial charge in [0, 0.05) is 6.54 Å². The fourth-order valence-corrected chi connectivity index (χ4v) is 1.90. The molecule has 0 atom stereocenters. The summed E-state index contributed by atoms with van der Waals surface area (Å²) in [5, 5.41) is 0. The summed E-state index contributed by atoms with van der Waals surface area (Å²) in [5.41, 5.74) is 3.69. The van der Waals surface area contributed by atoms with E-state index in [2.05, 4.69) is 36.8 Å². The standard InChI is InChI=1S/C13H19NO2S/c1-11-7-8-13(10-12(11)2)6-4-5-9-14-17(3,15)16/h4,6-8,10,14H,5,9H2,1-3H3/b6-4+. The summed E-state index contributed by atoms with van der Waals surface area (Å²) in [5.74, 6) is 0. The van der Waals surface area contributed by atoms with E-state index in [4.69, 9.17) is 0 Å². The summed E-state index contributed by atoms with van der Waals surface area (Å²) in [6, 6.07) is 6.27. The van der Waals surface area contributed by atoms with Gasteiger partial charge in [-0.3, -0.25) is 0 Å². The first kappa shape index (κ1) is 13.9. The molecule has 1 aromatic rings. The zero-order chi connectivity index (χ0) is 12.9. The first-order valence-electron chi connectivity index (χ1n) is 5.57. The molecule has 0 amide bonds. The minimum Gasteiger partial charge on any atom is -0.215 e. The van der Waals surface area contributed by atoms with Gasteiger partial charge >= 0.3 is 0 Å². The van der Waals surface area contributed by atoms with Crippen LogP contribution < -0.4 is 4.72 Å². The second-order valence-corrected chi connectivity index (χ2v) is 6.03. The zero-order valence-electron chi connectivity index (χ0n) is 10.5. The Balaban J connectivity index is 2.46. The van der Waals surface area contributed by atoms with Crippen molar-refractivity contribution in [3.8, 4) is 0 Å². The molecular weight excluding hydrogens is 234 g/mol. The Morgan fingerprint density at radius 1 is 1.24 bits per heavy atom. The number of benzene rings is 1. The van der Waals surface area contributed by atoms with Crippen LogP contribution in [-0.2, 0) is 10.0 Å². The maximum absolute atomic E-state index is 10.8. The summed E-state index contributed by atoms with van der Waals surface area (Å²) >= 11 is 0. The highest BCUT2D eigenvalue weighted by atomic mass is 32.2. The van der Waals surface area contributed by atoms with Crippen LogP contribution in [0.25, 0.3) is 6.08 Å². The molecule has 94 valence electrons. The Bertz CT molecular complexity index is 504. The third-order valence-corrected chi connectivity index (χ3v) is 3.25. The predicted octanol–water partition coefficient (Wildman–Crippen LogP) is 2.26. The number of rotatable bonds is 5. The van der Waals surface area contributed by atoms with E-state index >= 15 is 0 Å². The van der Waals surface area contributed by atoms with Crippen LogP contribution in [0.2, 0.25) is 0 Å². The third-order valence-electron chi connectivity index (χ3n) is 2.52. The summed E-state index contributed by atoms with van der Waals surface area (Å²) in [4.78, 5) is 0. The summed E-state index contributed by atoms with van der Waals surface area (Å²) in [7, 11) is -3.07. The summed E-state index contributed by atoms with van der Waals surface area (Å²) in [6.07, 6.45) is 5.85. The SMILES string of the molecule is Cc1ccc(/C=C/CCNS(C)(=O)=O)cc1C. The molecule has 0 heterocycles. The molecule has 1 rings (SSSR count). The first-order valence-corrected chi connectivity index (χ1v) is 7.46. The minimum atomic E-state index is -3.07. The molecule has 17 heavy (non-hydrogen) atoms. The quantitative estimate of drug-likeness (QED) is 0.818. The molecule has 1 N–H and O–H groups in total. The fraction of sp³-hybridized carbons (Fsp3) is 0.385. The molecule has 0 unspecified atom stereocenters. The van der Waals surface area contributed by atoms with Crippen molar-refractivity contribution in [3.05, 3.63) is 41.0 Å². The lowest BCUT2D eigenvalue weighted by molar-refractivity contribution is 0.588. The molecule has 0 aromatic heterocycles. The smallest absolute Gasteiger partial charge is 0.208 e. The van der Waals surface area contributed by atoms with Crippen molar-refractivity contribution in [1.82, 2.24) is 4.72 Å². The van der Waals surface area contributed by atoms with Gasteiger partial charge in [-0.1, -0.05) is 30.4 Å². The van der Waals surface area contributed by atoms with Crippen LogP contribution in [-0.4, -0.2) is 21.2 Å². The largest absolute Gasteiger partial charge is 0.215 e. The van der Waals surface area contributed by atoms with E-state index in [1.165, 1.54) is 17.4 Å². The normalized spacial score (nSPS) is 12.2. The molecule has 0 fully saturated rings. The molecule has 0 aliphatic heterocycles. The fourth-order valence-electron chi connectivity index (χ4n) is 1.42. The van der Waals surface area contributed by atoms with E-state index in [-0.39, 0.29) is 0 Å². The number of hydrogen-bond donors (Lipinski definition) is 1. The average Bonchev–Trinajstić information content (AvgIpc) is 2.21. The van der Waals surface area contributed by atoms with Crippen molar-refractivity contribution in [3.63, 3.8) is 0 Å². The Kier molecular flexibility index (Phi) is 4.90. The van der Waals surface area contributed by atoms with Gasteiger partial charge in [0.15, 0.2) is 0 Å². The van der Waals surface area contributed by atoms with Crippen LogP contribution in [0.1, 0.15) is 23.1 Å². The molecule has 0 bridgehead atoms. The summed E-state index contributed by atoms with van der Waals surface area (Å²) < 4.78 is 24.1. The highest BCUT2D eigenvalue weighted by molar-refractivity contribution is 7.88. The Morgan fingerprint density at radius 2 is 1.94 bits per heavy atom. The van der Waals surface area contributed by atoms with Crippen molar-refractivity contribution in [2.75, 3.05) is 12.8 Å². The van der Waals surface area contributed by atoms with Crippen LogP contribution >= 0.6 is 0 Å². The Labute approximate surface area is 104 Å². The maximum atomic E-state index is 10.8. The van der Waals surface area contributed by atoms with E-state index in [9.17, 15) is 8.42 Å². The van der Waals surface area contributed by atoms with E-state index in [1.807, 2.05) is 12.2 Å². The van der Waals surface area contributed by atoms with Gasteiger partial charge in [-0.2, -0.15) is 0 Å². The molecule has 0 aliphatic carbocycles. The molecule has 0 spiro atoms. The second-order valence-electron chi connectivity index (χ2n) is 4.20. The molecule has 4 heteroatoms. The maximum Gasteiger partial charge on any atom is 0.208 e. The number of sulfonamides is 1. The van der Waals surface area contributed by atoms with Crippen molar-refractivity contribution >= 4 is 16.1 Å². The van der Waals surface area contributed by atoms with Crippen molar-refractivity contribution < 1.29 is 8.42 Å². The van der Waals surface area contributed by atoms with Crippen molar-refractivity contribution in [2.24, 2.45) is 0 Å². The molecule has 0 saturated carbocycles. The average molecular weight is 253 g/mol. The Morgan fingerprint density at radius 3 is 2.53 bits per heavy atom. The molecular formula is C13H19NO2S. The van der Waals surface area contributed by atoms with E-state index in [1.54, 1.807) is 0 Å². The highest BCUT2D eigenvalue weighted by Crippen LogP contribution is 2.11. The monoisotopic (exact) mass is 253 g/mol. The Hall–Kier alpha value is -1.13. The first-order chi connectivity index (χ1) is 7.88. The van der Waals surface area contributed by atoms with Gasteiger partial charge in [0.1, 0.15) is 0 Å². The molecule has 3 nitrogen and oxygen atoms in total.